The predicted octanol–water partition coefficient (Wildman–Crippen LogP) is 3.09. The largest absolute Gasteiger partial charge is 0.322 e. The Bertz CT molecular complexity index is 692. The quantitative estimate of drug-likeness (QED) is 0.912. The minimum Gasteiger partial charge on any atom is -0.322 e. The van der Waals surface area contributed by atoms with E-state index in [4.69, 9.17) is 0 Å². The molecule has 1 amide bonds. The number of aryl methyl sites for hydroxylation is 2. The Morgan fingerprint density at radius 3 is 2.57 bits per heavy atom. The molecule has 0 radical (unpaired) electrons. The molecule has 0 bridgehead atoms. The first-order valence-electron chi connectivity index (χ1n) is 5.92. The van der Waals surface area contributed by atoms with Crippen molar-refractivity contribution in [2.24, 2.45) is 7.05 Å². The summed E-state index contributed by atoms with van der Waals surface area (Å²) in [5, 5.41) is 6.13. The third-order valence-corrected chi connectivity index (χ3v) is 3.50. The lowest BCUT2D eigenvalue weighted by Crippen LogP contribution is -2.17. The average molecular weight is 362 g/mol. The molecule has 0 saturated carbocycles. The molecule has 112 valence electrons. The first-order chi connectivity index (χ1) is 9.79. The summed E-state index contributed by atoms with van der Waals surface area (Å²) in [4.78, 5) is 11.9. The van der Waals surface area contributed by atoms with E-state index < -0.39 is 23.5 Å². The Labute approximate surface area is 127 Å². The number of rotatable bonds is 3. The summed E-state index contributed by atoms with van der Waals surface area (Å²) in [6.07, 6.45) is -0.297. The Hall–Kier alpha value is -1.83. The molecule has 21 heavy (non-hydrogen) atoms. The molecule has 1 N–H and O–H groups in total. The van der Waals surface area contributed by atoms with Crippen LogP contribution in [0.15, 0.2) is 16.6 Å². The number of nitrogens with zero attached hydrogens (tertiary/aromatic N) is 2. The molecule has 2 aromatic rings. The Balaban J connectivity index is 2.20. The van der Waals surface area contributed by atoms with Crippen LogP contribution in [0.2, 0.25) is 0 Å². The highest BCUT2D eigenvalue weighted by Crippen LogP contribution is 2.27. The molecule has 0 fully saturated rings. The van der Waals surface area contributed by atoms with Crippen LogP contribution in [-0.4, -0.2) is 15.7 Å². The number of halogens is 4. The molecule has 1 aromatic carbocycles. The third-order valence-electron chi connectivity index (χ3n) is 2.88. The molecular formula is C13H11BrF3N3O. The predicted molar refractivity (Wildman–Crippen MR) is 74.3 cm³/mol. The number of carbonyl (C=O) groups is 1. The van der Waals surface area contributed by atoms with Crippen molar-refractivity contribution in [1.82, 2.24) is 9.78 Å². The zero-order valence-electron chi connectivity index (χ0n) is 11.2. The molecule has 0 aliphatic heterocycles. The van der Waals surface area contributed by atoms with Crippen molar-refractivity contribution in [2.75, 3.05) is 5.32 Å². The fraction of sp³-hybridized carbons (Fsp3) is 0.231. The lowest BCUT2D eigenvalue weighted by atomic mass is 10.1. The van der Waals surface area contributed by atoms with E-state index in [-0.39, 0.29) is 22.1 Å². The van der Waals surface area contributed by atoms with Gasteiger partial charge >= 0.3 is 0 Å². The van der Waals surface area contributed by atoms with Crippen molar-refractivity contribution in [3.63, 3.8) is 0 Å². The Morgan fingerprint density at radius 1 is 1.38 bits per heavy atom. The molecule has 0 aliphatic rings. The van der Waals surface area contributed by atoms with E-state index in [0.29, 0.717) is 11.8 Å². The van der Waals surface area contributed by atoms with Gasteiger partial charge in [-0.1, -0.05) is 0 Å². The monoisotopic (exact) mass is 361 g/mol. The fourth-order valence-electron chi connectivity index (χ4n) is 1.88. The minimum absolute atomic E-state index is 0.0664. The lowest BCUT2D eigenvalue weighted by Gasteiger charge is -2.08. The number of anilines is 1. The van der Waals surface area contributed by atoms with Gasteiger partial charge in [-0.15, -0.1) is 0 Å². The summed E-state index contributed by atoms with van der Waals surface area (Å²) in [5.41, 5.74) is 0.320. The molecular weight excluding hydrogens is 351 g/mol. The second kappa shape index (κ2) is 5.88. The van der Waals surface area contributed by atoms with Gasteiger partial charge in [-0.25, -0.2) is 13.5 Å². The highest BCUT2D eigenvalue weighted by atomic mass is 79.9. The van der Waals surface area contributed by atoms with Crippen LogP contribution in [0.25, 0.3) is 0 Å². The molecule has 1 aromatic heterocycles. The van der Waals surface area contributed by atoms with Crippen LogP contribution in [0.5, 0.6) is 0 Å². The summed E-state index contributed by atoms with van der Waals surface area (Å²) in [5.74, 6) is -2.94. The molecule has 4 nitrogen and oxygen atoms in total. The van der Waals surface area contributed by atoms with Crippen molar-refractivity contribution in [3.8, 4) is 0 Å². The van der Waals surface area contributed by atoms with E-state index >= 15 is 0 Å². The maximum absolute atomic E-state index is 13.7. The smallest absolute Gasteiger partial charge is 0.229 e. The van der Waals surface area contributed by atoms with Gasteiger partial charge in [0.05, 0.1) is 17.8 Å². The van der Waals surface area contributed by atoms with E-state index in [0.717, 1.165) is 10.7 Å². The second-order valence-electron chi connectivity index (χ2n) is 4.45. The average Bonchev–Trinajstić information content (AvgIpc) is 2.60. The van der Waals surface area contributed by atoms with Crippen LogP contribution in [0, 0.1) is 24.5 Å². The van der Waals surface area contributed by atoms with Gasteiger partial charge in [0.15, 0.2) is 5.82 Å². The van der Waals surface area contributed by atoms with Crippen LogP contribution in [0.3, 0.4) is 0 Å². The van der Waals surface area contributed by atoms with Gasteiger partial charge in [0.2, 0.25) is 11.9 Å². The molecule has 0 unspecified atom stereocenters. The zero-order valence-corrected chi connectivity index (χ0v) is 12.8. The molecule has 0 atom stereocenters. The van der Waals surface area contributed by atoms with Crippen LogP contribution in [0.4, 0.5) is 18.9 Å². The van der Waals surface area contributed by atoms with Gasteiger partial charge in [-0.05, 0) is 28.9 Å². The van der Waals surface area contributed by atoms with E-state index in [1.807, 2.05) is 0 Å². The molecule has 0 aliphatic carbocycles. The topological polar surface area (TPSA) is 46.9 Å². The zero-order chi connectivity index (χ0) is 15.7. The first kappa shape index (κ1) is 15.6. The van der Waals surface area contributed by atoms with Crippen molar-refractivity contribution < 1.29 is 18.0 Å². The van der Waals surface area contributed by atoms with E-state index in [1.165, 1.54) is 7.05 Å². The molecule has 2 rings (SSSR count). The summed E-state index contributed by atoms with van der Waals surface area (Å²) in [7, 11) is 1.42. The number of aromatic nitrogens is 2. The normalized spacial score (nSPS) is 10.8. The van der Waals surface area contributed by atoms with Gasteiger partial charge in [-0.3, -0.25) is 4.79 Å². The molecule has 8 heteroatoms. The number of hydrogen-bond acceptors (Lipinski definition) is 2. The maximum atomic E-state index is 13.7. The summed E-state index contributed by atoms with van der Waals surface area (Å²) in [6.45, 7) is 1.57. The van der Waals surface area contributed by atoms with Crippen LogP contribution in [-0.2, 0) is 18.3 Å². The lowest BCUT2D eigenvalue weighted by molar-refractivity contribution is -0.115. The van der Waals surface area contributed by atoms with E-state index in [2.05, 4.69) is 26.3 Å². The van der Waals surface area contributed by atoms with Crippen molar-refractivity contribution in [2.45, 2.75) is 13.3 Å². The number of hydrogen-bond donors (Lipinski definition) is 1. The number of carbonyl (C=O) groups excluding carboxylic acids is 1. The van der Waals surface area contributed by atoms with Crippen LogP contribution in [0.1, 0.15) is 11.3 Å². The number of nitrogens with one attached hydrogen (secondary N) is 1. The highest BCUT2D eigenvalue weighted by Gasteiger charge is 2.18. The first-order valence-corrected chi connectivity index (χ1v) is 6.71. The maximum Gasteiger partial charge on any atom is 0.229 e. The highest BCUT2D eigenvalue weighted by molar-refractivity contribution is 9.10. The van der Waals surface area contributed by atoms with Gasteiger partial charge in [-0.2, -0.15) is 9.49 Å². The van der Waals surface area contributed by atoms with Crippen molar-refractivity contribution in [1.29, 1.82) is 0 Å². The van der Waals surface area contributed by atoms with Crippen LogP contribution < -0.4 is 5.32 Å². The van der Waals surface area contributed by atoms with Gasteiger partial charge in [0.25, 0.3) is 0 Å². The van der Waals surface area contributed by atoms with Crippen molar-refractivity contribution in [3.05, 3.63) is 45.4 Å². The Kier molecular flexibility index (Phi) is 4.36. The molecule has 1 heterocycles. The second-order valence-corrected chi connectivity index (χ2v) is 5.30. The van der Waals surface area contributed by atoms with Gasteiger partial charge in [0, 0.05) is 23.2 Å². The molecule has 0 saturated heterocycles. The molecule has 0 spiro atoms. The summed E-state index contributed by atoms with van der Waals surface area (Å²) in [6, 6.07) is 1.67. The Morgan fingerprint density at radius 2 is 2.05 bits per heavy atom. The van der Waals surface area contributed by atoms with E-state index in [9.17, 15) is 18.0 Å². The summed E-state index contributed by atoms with van der Waals surface area (Å²) >= 11 is 2.96. The van der Waals surface area contributed by atoms with Gasteiger partial charge in [0.1, 0.15) is 5.82 Å². The third kappa shape index (κ3) is 3.26. The van der Waals surface area contributed by atoms with E-state index in [1.54, 1.807) is 6.92 Å². The fourth-order valence-corrected chi connectivity index (χ4v) is 2.39. The van der Waals surface area contributed by atoms with Crippen LogP contribution >= 0.6 is 15.9 Å². The standard InChI is InChI=1S/C13H11BrF3N3O/c1-6-8(13(17)20(2)19-6)5-11(21)18-12-9(14)3-7(15)4-10(12)16/h3-4H,5H2,1-2H3,(H,18,21). The SMILES string of the molecule is Cc1nn(C)c(F)c1CC(=O)Nc1c(F)cc(F)cc1Br. The minimum atomic E-state index is -0.918. The van der Waals surface area contributed by atoms with Crippen molar-refractivity contribution >= 4 is 27.5 Å². The van der Waals surface area contributed by atoms with Gasteiger partial charge < -0.3 is 5.32 Å². The number of amides is 1. The number of benzene rings is 1. The summed E-state index contributed by atoms with van der Waals surface area (Å²) < 4.78 is 41.4.